The van der Waals surface area contributed by atoms with E-state index in [1.807, 2.05) is 4.90 Å². The van der Waals surface area contributed by atoms with Crippen LogP contribution >= 0.6 is 0 Å². The summed E-state index contributed by atoms with van der Waals surface area (Å²) in [5, 5.41) is 0. The van der Waals surface area contributed by atoms with Crippen LogP contribution in [0.25, 0.3) is 0 Å². The van der Waals surface area contributed by atoms with Gasteiger partial charge >= 0.3 is 6.98 Å². The van der Waals surface area contributed by atoms with Crippen molar-refractivity contribution in [3.8, 4) is 0 Å². The molecule has 2 rings (SSSR count). The Kier molecular flexibility index (Phi) is 3.86. The van der Waals surface area contributed by atoms with E-state index >= 15 is 0 Å². The van der Waals surface area contributed by atoms with Gasteiger partial charge in [-0.15, -0.1) is 12.1 Å². The number of halogens is 3. The van der Waals surface area contributed by atoms with Gasteiger partial charge in [-0.25, -0.2) is 0 Å². The van der Waals surface area contributed by atoms with E-state index < -0.39 is 12.4 Å². The molecule has 0 aromatic heterocycles. The Hall–Kier alpha value is -0.445. The number of piperidine rings is 1. The SMILES string of the molecule is C=C(CN1CCC[C@H]2CCCC[C@H]21)[B-](F)(F)F. The van der Waals surface area contributed by atoms with Gasteiger partial charge in [-0.3, -0.25) is 4.90 Å². The van der Waals surface area contributed by atoms with Crippen LogP contribution in [0.5, 0.6) is 0 Å². The monoisotopic (exact) mass is 246 g/mol. The predicted octanol–water partition coefficient (Wildman–Crippen LogP) is 3.58. The fraction of sp³-hybridized carbons (Fsp3) is 0.833. The standard InChI is InChI=1S/C12H20BF3N/c1-10(13(14,15)16)9-17-8-4-6-11-5-2-3-7-12(11)17/h11-12H,1-9H2/q-1/t11-,12-/m1/s1. The Balaban J connectivity index is 1.97. The van der Waals surface area contributed by atoms with Crippen molar-refractivity contribution in [2.45, 2.75) is 44.6 Å². The average molecular weight is 246 g/mol. The first-order valence-electron chi connectivity index (χ1n) is 6.60. The molecule has 2 aliphatic rings. The summed E-state index contributed by atoms with van der Waals surface area (Å²) in [5.41, 5.74) is -0.531. The quantitative estimate of drug-likeness (QED) is 0.688. The van der Waals surface area contributed by atoms with Crippen LogP contribution in [0.4, 0.5) is 12.9 Å². The van der Waals surface area contributed by atoms with E-state index in [1.54, 1.807) is 0 Å². The van der Waals surface area contributed by atoms with Gasteiger partial charge in [-0.2, -0.15) is 0 Å². The predicted molar refractivity (Wildman–Crippen MR) is 64.8 cm³/mol. The van der Waals surface area contributed by atoms with E-state index in [0.29, 0.717) is 12.0 Å². The van der Waals surface area contributed by atoms with Gasteiger partial charge in [-0.1, -0.05) is 12.8 Å². The van der Waals surface area contributed by atoms with Gasteiger partial charge in [0.2, 0.25) is 0 Å². The molecule has 17 heavy (non-hydrogen) atoms. The second kappa shape index (κ2) is 5.05. The van der Waals surface area contributed by atoms with Crippen LogP contribution in [-0.4, -0.2) is 31.0 Å². The van der Waals surface area contributed by atoms with Crippen molar-refractivity contribution in [3.63, 3.8) is 0 Å². The zero-order chi connectivity index (χ0) is 12.5. The number of nitrogens with zero attached hydrogens (tertiary/aromatic N) is 1. The molecule has 1 saturated heterocycles. The van der Waals surface area contributed by atoms with Gasteiger partial charge in [0.1, 0.15) is 0 Å². The van der Waals surface area contributed by atoms with Crippen molar-refractivity contribution in [2.75, 3.05) is 13.1 Å². The first kappa shape index (κ1) is 13.0. The fourth-order valence-corrected chi connectivity index (χ4v) is 3.29. The zero-order valence-corrected chi connectivity index (χ0v) is 10.2. The van der Waals surface area contributed by atoms with Gasteiger partial charge in [0.05, 0.1) is 0 Å². The Labute approximate surface area is 101 Å². The molecule has 98 valence electrons. The fourth-order valence-electron chi connectivity index (χ4n) is 3.29. The van der Waals surface area contributed by atoms with Gasteiger partial charge in [0, 0.05) is 6.04 Å². The van der Waals surface area contributed by atoms with Crippen LogP contribution in [0.15, 0.2) is 12.1 Å². The lowest BCUT2D eigenvalue weighted by Gasteiger charge is -2.45. The van der Waals surface area contributed by atoms with Crippen molar-refractivity contribution in [1.82, 2.24) is 4.90 Å². The largest absolute Gasteiger partial charge is 0.506 e. The maximum atomic E-state index is 12.6. The number of hydrogen-bond acceptors (Lipinski definition) is 1. The van der Waals surface area contributed by atoms with E-state index in [2.05, 4.69) is 6.58 Å². The summed E-state index contributed by atoms with van der Waals surface area (Å²) in [7, 11) is 0. The highest BCUT2D eigenvalue weighted by molar-refractivity contribution is 6.66. The molecule has 0 unspecified atom stereocenters. The second-order valence-corrected chi connectivity index (χ2v) is 5.46. The van der Waals surface area contributed by atoms with Gasteiger partial charge in [0.25, 0.3) is 0 Å². The molecule has 0 spiro atoms. The summed E-state index contributed by atoms with van der Waals surface area (Å²) in [6, 6.07) is 0.382. The molecular formula is C12H20BF3N-. The lowest BCUT2D eigenvalue weighted by atomic mass is 9.76. The van der Waals surface area contributed by atoms with Crippen molar-refractivity contribution >= 4 is 6.98 Å². The third-order valence-electron chi connectivity index (χ3n) is 4.23. The van der Waals surface area contributed by atoms with Crippen molar-refractivity contribution in [2.24, 2.45) is 5.92 Å². The maximum absolute atomic E-state index is 12.6. The normalized spacial score (nSPS) is 31.0. The summed E-state index contributed by atoms with van der Waals surface area (Å²) >= 11 is 0. The lowest BCUT2D eigenvalue weighted by molar-refractivity contribution is 0.0694. The van der Waals surface area contributed by atoms with Crippen LogP contribution in [0.3, 0.4) is 0 Å². The molecule has 2 fully saturated rings. The first-order chi connectivity index (χ1) is 7.98. The van der Waals surface area contributed by atoms with Crippen LogP contribution < -0.4 is 0 Å². The summed E-state index contributed by atoms with van der Waals surface area (Å²) < 4.78 is 37.7. The summed E-state index contributed by atoms with van der Waals surface area (Å²) in [4.78, 5) is 2.03. The molecule has 1 heterocycles. The molecule has 1 aliphatic heterocycles. The van der Waals surface area contributed by atoms with Crippen molar-refractivity contribution in [1.29, 1.82) is 0 Å². The van der Waals surface area contributed by atoms with Crippen LogP contribution in [0.1, 0.15) is 38.5 Å². The highest BCUT2D eigenvalue weighted by atomic mass is 19.4. The molecule has 0 aromatic rings. The smallest absolute Gasteiger partial charge is 0.445 e. The molecule has 5 heteroatoms. The molecular weight excluding hydrogens is 226 g/mol. The lowest BCUT2D eigenvalue weighted by Crippen LogP contribution is -2.48. The van der Waals surface area contributed by atoms with Crippen LogP contribution in [-0.2, 0) is 0 Å². The molecule has 0 bridgehead atoms. The Bertz CT molecular complexity index is 288. The minimum absolute atomic E-state index is 0.0324. The molecule has 1 nitrogen and oxygen atoms in total. The highest BCUT2D eigenvalue weighted by Gasteiger charge is 2.35. The Morgan fingerprint density at radius 2 is 1.76 bits per heavy atom. The third kappa shape index (κ3) is 3.06. The highest BCUT2D eigenvalue weighted by Crippen LogP contribution is 2.36. The molecule has 0 N–H and O–H groups in total. The Morgan fingerprint density at radius 3 is 2.47 bits per heavy atom. The van der Waals surface area contributed by atoms with E-state index in [1.165, 1.54) is 25.7 Å². The van der Waals surface area contributed by atoms with Crippen molar-refractivity contribution < 1.29 is 12.9 Å². The van der Waals surface area contributed by atoms with E-state index in [-0.39, 0.29) is 6.54 Å². The topological polar surface area (TPSA) is 3.24 Å². The summed E-state index contributed by atoms with van der Waals surface area (Å²) in [6.07, 6.45) is 6.93. The summed E-state index contributed by atoms with van der Waals surface area (Å²) in [5.74, 6) is 0.631. The van der Waals surface area contributed by atoms with E-state index in [9.17, 15) is 12.9 Å². The van der Waals surface area contributed by atoms with Crippen LogP contribution in [0, 0.1) is 5.92 Å². The molecule has 1 aliphatic carbocycles. The average Bonchev–Trinajstić information content (AvgIpc) is 2.28. The van der Waals surface area contributed by atoms with Gasteiger partial charge < -0.3 is 12.9 Å². The number of likely N-dealkylation sites (tertiary alicyclic amines) is 1. The minimum Gasteiger partial charge on any atom is -0.445 e. The van der Waals surface area contributed by atoms with E-state index in [4.69, 9.17) is 0 Å². The molecule has 1 saturated carbocycles. The first-order valence-corrected chi connectivity index (χ1v) is 6.60. The maximum Gasteiger partial charge on any atom is 0.506 e. The van der Waals surface area contributed by atoms with Gasteiger partial charge in [0.15, 0.2) is 0 Å². The number of fused-ring (bicyclic) bond motifs is 1. The number of rotatable bonds is 3. The van der Waals surface area contributed by atoms with Crippen LogP contribution in [0.2, 0.25) is 0 Å². The third-order valence-corrected chi connectivity index (χ3v) is 4.23. The van der Waals surface area contributed by atoms with E-state index in [0.717, 1.165) is 19.4 Å². The molecule has 0 aromatic carbocycles. The molecule has 2 atom stereocenters. The second-order valence-electron chi connectivity index (χ2n) is 5.46. The number of hydrogen-bond donors (Lipinski definition) is 0. The molecule has 0 amide bonds. The minimum atomic E-state index is -4.87. The molecule has 0 radical (unpaired) electrons. The van der Waals surface area contributed by atoms with Crippen molar-refractivity contribution in [3.05, 3.63) is 12.1 Å². The zero-order valence-electron chi connectivity index (χ0n) is 10.2. The van der Waals surface area contributed by atoms with Gasteiger partial charge in [-0.05, 0) is 44.7 Å². The summed E-state index contributed by atoms with van der Waals surface area (Å²) in [6.45, 7) is -0.803. The Morgan fingerprint density at radius 1 is 1.12 bits per heavy atom.